The Kier molecular flexibility index (Phi) is 11.8. The Balaban J connectivity index is 0.00000135. The number of hydrogen-bond donors (Lipinski definition) is 1. The van der Waals surface area contributed by atoms with Gasteiger partial charge in [0.15, 0.2) is 11.5 Å². The van der Waals surface area contributed by atoms with Crippen molar-refractivity contribution in [3.63, 3.8) is 0 Å². The molecule has 2 aliphatic rings. The predicted octanol–water partition coefficient (Wildman–Crippen LogP) is 8.06. The van der Waals surface area contributed by atoms with E-state index in [2.05, 4.69) is 61.4 Å². The molecule has 1 unspecified atom stereocenters. The summed E-state index contributed by atoms with van der Waals surface area (Å²) in [5, 5.41) is 3.42. The molecule has 0 spiro atoms. The standard InChI is InChI=1S/C34H41ClN2O3.C2H7N/c1-5-23(2)40-32-21-30-26(19-31(32)39-4)20-33(38)37(34(30)25-11-13-27(35)14-12-25)29-17-15-28(16-18-29)36(3)22-24-9-7-6-8-10-24;1-3-2/h11-19,21,23-24,34H,5-10,20,22H2,1-4H3;3H,1-2H3/t23-,34?;/m1./s1. The van der Waals surface area contributed by atoms with Gasteiger partial charge in [-0.25, -0.2) is 0 Å². The number of rotatable bonds is 9. The molecule has 0 bridgehead atoms. The largest absolute Gasteiger partial charge is 0.493 e. The summed E-state index contributed by atoms with van der Waals surface area (Å²) < 4.78 is 12.0. The first-order valence-corrected chi connectivity index (χ1v) is 16.0. The minimum atomic E-state index is -0.315. The second kappa shape index (κ2) is 15.5. The van der Waals surface area contributed by atoms with Crippen molar-refractivity contribution in [2.45, 2.75) is 70.9 Å². The lowest BCUT2D eigenvalue weighted by atomic mass is 9.86. The topological polar surface area (TPSA) is 54.0 Å². The summed E-state index contributed by atoms with van der Waals surface area (Å²) in [4.78, 5) is 18.1. The number of fused-ring (bicyclic) bond motifs is 1. The molecule has 232 valence electrons. The first-order chi connectivity index (χ1) is 20.8. The molecule has 0 radical (unpaired) electrons. The Morgan fingerprint density at radius 1 is 1.00 bits per heavy atom. The third kappa shape index (κ3) is 8.04. The third-order valence-electron chi connectivity index (χ3n) is 8.50. The lowest BCUT2D eigenvalue weighted by Crippen LogP contribution is -2.41. The second-order valence-electron chi connectivity index (χ2n) is 11.8. The van der Waals surface area contributed by atoms with Gasteiger partial charge in [-0.2, -0.15) is 0 Å². The van der Waals surface area contributed by atoms with Crippen molar-refractivity contribution in [2.24, 2.45) is 5.92 Å². The zero-order chi connectivity index (χ0) is 30.9. The highest BCUT2D eigenvalue weighted by molar-refractivity contribution is 6.30. The minimum absolute atomic E-state index is 0.0420. The lowest BCUT2D eigenvalue weighted by Gasteiger charge is -2.38. The summed E-state index contributed by atoms with van der Waals surface area (Å²) in [6.07, 6.45) is 7.92. The summed E-state index contributed by atoms with van der Waals surface area (Å²) >= 11 is 6.27. The van der Waals surface area contributed by atoms with E-state index >= 15 is 0 Å². The summed E-state index contributed by atoms with van der Waals surface area (Å²) in [5.41, 5.74) is 5.05. The van der Waals surface area contributed by atoms with Crippen molar-refractivity contribution in [3.05, 3.63) is 82.4 Å². The maximum Gasteiger partial charge on any atom is 0.232 e. The minimum Gasteiger partial charge on any atom is -0.493 e. The Morgan fingerprint density at radius 2 is 1.65 bits per heavy atom. The number of benzene rings is 3. The van der Waals surface area contributed by atoms with Gasteiger partial charge in [-0.3, -0.25) is 4.79 Å². The van der Waals surface area contributed by atoms with Crippen molar-refractivity contribution < 1.29 is 14.3 Å². The molecule has 5 rings (SSSR count). The van der Waals surface area contributed by atoms with Crippen LogP contribution in [0, 0.1) is 5.92 Å². The van der Waals surface area contributed by atoms with Crippen LogP contribution in [0.1, 0.15) is 75.1 Å². The van der Waals surface area contributed by atoms with Crippen LogP contribution in [0.5, 0.6) is 11.5 Å². The number of methoxy groups -OCH3 is 1. The Bertz CT molecular complexity index is 1320. The van der Waals surface area contributed by atoms with Gasteiger partial charge in [-0.1, -0.05) is 49.9 Å². The highest BCUT2D eigenvalue weighted by atomic mass is 35.5. The average Bonchev–Trinajstić information content (AvgIpc) is 3.01. The van der Waals surface area contributed by atoms with E-state index < -0.39 is 0 Å². The maximum atomic E-state index is 13.8. The molecule has 1 saturated carbocycles. The molecule has 0 aromatic heterocycles. The fraction of sp³-hybridized carbons (Fsp3) is 0.472. The Morgan fingerprint density at radius 3 is 2.26 bits per heavy atom. The van der Waals surface area contributed by atoms with E-state index in [1.165, 1.54) is 37.8 Å². The molecule has 0 saturated heterocycles. The van der Waals surface area contributed by atoms with Crippen molar-refractivity contribution in [1.29, 1.82) is 0 Å². The lowest BCUT2D eigenvalue weighted by molar-refractivity contribution is -0.118. The molecule has 3 aromatic rings. The monoisotopic (exact) mass is 605 g/mol. The highest BCUT2D eigenvalue weighted by Gasteiger charge is 2.36. The Hall–Kier alpha value is -3.22. The molecule has 1 aliphatic heterocycles. The fourth-order valence-corrected chi connectivity index (χ4v) is 6.23. The van der Waals surface area contributed by atoms with Crippen LogP contribution in [0.15, 0.2) is 60.7 Å². The first kappa shape index (κ1) is 32.7. The zero-order valence-electron chi connectivity index (χ0n) is 26.7. The van der Waals surface area contributed by atoms with E-state index in [4.69, 9.17) is 21.1 Å². The molecule has 2 atom stereocenters. The van der Waals surface area contributed by atoms with E-state index in [0.717, 1.165) is 41.3 Å². The number of nitrogens with zero attached hydrogens (tertiary/aromatic N) is 2. The molecule has 6 nitrogen and oxygen atoms in total. The number of carbonyl (C=O) groups excluding carboxylic acids is 1. The summed E-state index contributed by atoms with van der Waals surface area (Å²) in [5.74, 6) is 2.16. The fourth-order valence-electron chi connectivity index (χ4n) is 6.11. The van der Waals surface area contributed by atoms with Crippen molar-refractivity contribution in [1.82, 2.24) is 5.32 Å². The number of anilines is 2. The second-order valence-corrected chi connectivity index (χ2v) is 12.3. The predicted molar refractivity (Wildman–Crippen MR) is 179 cm³/mol. The summed E-state index contributed by atoms with van der Waals surface area (Å²) in [7, 11) is 7.57. The maximum absolute atomic E-state index is 13.8. The van der Waals surface area contributed by atoms with Gasteiger partial charge >= 0.3 is 0 Å². The molecule has 1 amide bonds. The quantitative estimate of drug-likeness (QED) is 0.267. The number of nitrogens with one attached hydrogen (secondary N) is 1. The summed E-state index contributed by atoms with van der Waals surface area (Å²) in [6, 6.07) is 20.0. The number of amides is 1. The number of halogens is 1. The van der Waals surface area contributed by atoms with Gasteiger partial charge in [0.2, 0.25) is 5.91 Å². The first-order valence-electron chi connectivity index (χ1n) is 15.6. The molecule has 7 heteroatoms. The number of ether oxygens (including phenoxy) is 2. The van der Waals surface area contributed by atoms with Crippen LogP contribution in [0.2, 0.25) is 5.02 Å². The smallest absolute Gasteiger partial charge is 0.232 e. The number of carbonyl (C=O) groups is 1. The van der Waals surface area contributed by atoms with Crippen molar-refractivity contribution >= 4 is 28.9 Å². The zero-order valence-corrected chi connectivity index (χ0v) is 27.4. The summed E-state index contributed by atoms with van der Waals surface area (Å²) in [6.45, 7) is 5.23. The van der Waals surface area contributed by atoms with E-state index in [1.807, 2.05) is 49.3 Å². The van der Waals surface area contributed by atoms with E-state index in [9.17, 15) is 4.79 Å². The van der Waals surface area contributed by atoms with Gasteiger partial charge in [0.25, 0.3) is 0 Å². The van der Waals surface area contributed by atoms with E-state index in [-0.39, 0.29) is 18.1 Å². The van der Waals surface area contributed by atoms with Crippen LogP contribution in [0.3, 0.4) is 0 Å². The van der Waals surface area contributed by atoms with Gasteiger partial charge in [-0.15, -0.1) is 0 Å². The third-order valence-corrected chi connectivity index (χ3v) is 8.75. The normalized spacial score (nSPS) is 17.4. The van der Waals surface area contributed by atoms with Crippen LogP contribution >= 0.6 is 11.6 Å². The van der Waals surface area contributed by atoms with Crippen LogP contribution in [-0.2, 0) is 11.2 Å². The SMILES string of the molecule is CC[C@@H](C)Oc1cc2c(cc1OC)CC(=O)N(c1ccc(N(C)CC3CCCCC3)cc1)C2c1ccc(Cl)cc1.CNC. The Labute approximate surface area is 263 Å². The highest BCUT2D eigenvalue weighted by Crippen LogP contribution is 2.44. The molecule has 1 aliphatic carbocycles. The molecule has 3 aromatic carbocycles. The van der Waals surface area contributed by atoms with Crippen LogP contribution in [0.25, 0.3) is 0 Å². The molecular formula is C36H48ClN3O3. The van der Waals surface area contributed by atoms with Crippen LogP contribution in [-0.4, -0.2) is 46.8 Å². The van der Waals surface area contributed by atoms with Gasteiger partial charge in [0.1, 0.15) is 0 Å². The number of hydrogen-bond acceptors (Lipinski definition) is 5. The van der Waals surface area contributed by atoms with E-state index in [1.54, 1.807) is 7.11 Å². The van der Waals surface area contributed by atoms with Gasteiger partial charge in [0.05, 0.1) is 25.7 Å². The molecular weight excluding hydrogens is 558 g/mol. The van der Waals surface area contributed by atoms with Crippen molar-refractivity contribution in [3.8, 4) is 11.5 Å². The molecule has 1 heterocycles. The van der Waals surface area contributed by atoms with Crippen molar-refractivity contribution in [2.75, 3.05) is 44.6 Å². The molecule has 1 fully saturated rings. The molecule has 43 heavy (non-hydrogen) atoms. The molecule has 1 N–H and O–H groups in total. The van der Waals surface area contributed by atoms with Gasteiger partial charge in [0, 0.05) is 30.0 Å². The van der Waals surface area contributed by atoms with Crippen LogP contribution in [0.4, 0.5) is 11.4 Å². The van der Waals surface area contributed by atoms with E-state index in [0.29, 0.717) is 22.9 Å². The van der Waals surface area contributed by atoms with Gasteiger partial charge < -0.3 is 24.6 Å². The van der Waals surface area contributed by atoms with Gasteiger partial charge in [-0.05, 0) is 111 Å². The van der Waals surface area contributed by atoms with Crippen LogP contribution < -0.4 is 24.6 Å². The average molecular weight is 606 g/mol.